The molecule has 1 amide bonds. The number of fused-ring (bicyclic) bond motifs is 1. The number of anilines is 1. The van der Waals surface area contributed by atoms with Crippen LogP contribution >= 0.6 is 0 Å². The van der Waals surface area contributed by atoms with E-state index in [-0.39, 0.29) is 10.8 Å². The highest BCUT2D eigenvalue weighted by Crippen LogP contribution is 2.27. The van der Waals surface area contributed by atoms with Crippen LogP contribution in [0.4, 0.5) is 5.69 Å². The van der Waals surface area contributed by atoms with Crippen LogP contribution in [-0.4, -0.2) is 29.1 Å². The fourth-order valence-corrected chi connectivity index (χ4v) is 4.84. The molecule has 0 aliphatic rings. The number of amides is 1. The highest BCUT2D eigenvalue weighted by Gasteiger charge is 2.17. The second kappa shape index (κ2) is 9.37. The maximum absolute atomic E-state index is 13.1. The first-order valence-electron chi connectivity index (χ1n) is 11.2. The number of carbonyl (C=O) groups excluding carboxylic acids is 1. The van der Waals surface area contributed by atoms with Gasteiger partial charge in [0, 0.05) is 16.6 Å². The van der Waals surface area contributed by atoms with E-state index in [4.69, 9.17) is 5.14 Å². The van der Waals surface area contributed by atoms with Gasteiger partial charge in [0.25, 0.3) is 5.91 Å². The minimum atomic E-state index is -3.87. The Morgan fingerprint density at radius 2 is 1.67 bits per heavy atom. The molecule has 0 aliphatic carbocycles. The molecule has 2 aromatic heterocycles. The van der Waals surface area contributed by atoms with Crippen molar-refractivity contribution in [2.75, 3.05) is 5.32 Å². The topological polar surface area (TPSA) is 120 Å². The number of nitrogens with zero attached hydrogens (tertiary/aromatic N) is 3. The van der Waals surface area contributed by atoms with E-state index >= 15 is 0 Å². The zero-order chi connectivity index (χ0) is 25.3. The van der Waals surface area contributed by atoms with E-state index < -0.39 is 10.0 Å². The molecule has 0 bridgehead atoms. The van der Waals surface area contributed by atoms with Crippen LogP contribution in [0.3, 0.4) is 0 Å². The number of hydrogen-bond donors (Lipinski definition) is 2. The van der Waals surface area contributed by atoms with Crippen LogP contribution in [-0.2, 0) is 16.6 Å². The maximum atomic E-state index is 13.1. The Labute approximate surface area is 208 Å². The number of benzene rings is 3. The molecule has 0 saturated heterocycles. The monoisotopic (exact) mass is 497 g/mol. The lowest BCUT2D eigenvalue weighted by Crippen LogP contribution is -2.18. The van der Waals surface area contributed by atoms with Crippen LogP contribution in [0, 0.1) is 6.92 Å². The molecule has 0 fully saturated rings. The van der Waals surface area contributed by atoms with Gasteiger partial charge in [-0.2, -0.15) is 5.10 Å². The van der Waals surface area contributed by atoms with Crippen molar-refractivity contribution in [3.8, 4) is 11.1 Å². The summed E-state index contributed by atoms with van der Waals surface area (Å²) in [6.45, 7) is 2.18. The molecule has 2 heterocycles. The number of aromatic nitrogens is 3. The summed E-state index contributed by atoms with van der Waals surface area (Å²) in [5.74, 6) is -0.311. The molecule has 0 atom stereocenters. The Morgan fingerprint density at radius 3 is 2.44 bits per heavy atom. The van der Waals surface area contributed by atoms with E-state index in [1.165, 1.54) is 6.07 Å². The van der Waals surface area contributed by atoms with Crippen LogP contribution in [0.15, 0.2) is 95.9 Å². The molecule has 36 heavy (non-hydrogen) atoms. The number of aryl methyl sites for hydroxylation is 1. The number of para-hydroxylation sites is 1. The van der Waals surface area contributed by atoms with Gasteiger partial charge in [0.15, 0.2) is 0 Å². The first-order chi connectivity index (χ1) is 17.3. The summed E-state index contributed by atoms with van der Waals surface area (Å²) in [6, 6.07) is 26.9. The Kier molecular flexibility index (Phi) is 6.09. The highest BCUT2D eigenvalue weighted by atomic mass is 32.2. The normalized spacial score (nSPS) is 11.5. The minimum Gasteiger partial charge on any atom is -0.321 e. The van der Waals surface area contributed by atoms with Gasteiger partial charge in [-0.05, 0) is 48.9 Å². The third-order valence-electron chi connectivity index (χ3n) is 5.75. The van der Waals surface area contributed by atoms with E-state index in [9.17, 15) is 13.2 Å². The molecule has 0 saturated carbocycles. The predicted molar refractivity (Wildman–Crippen MR) is 139 cm³/mol. The van der Waals surface area contributed by atoms with E-state index in [2.05, 4.69) is 15.4 Å². The quantitative estimate of drug-likeness (QED) is 0.361. The second-order valence-electron chi connectivity index (χ2n) is 8.40. The molecular weight excluding hydrogens is 474 g/mol. The third kappa shape index (κ3) is 4.88. The molecule has 0 unspecified atom stereocenters. The van der Waals surface area contributed by atoms with Crippen LogP contribution < -0.4 is 10.5 Å². The summed E-state index contributed by atoms with van der Waals surface area (Å²) in [7, 11) is -3.87. The maximum Gasteiger partial charge on any atom is 0.273 e. The van der Waals surface area contributed by atoms with Crippen LogP contribution in [0.1, 0.15) is 21.9 Å². The van der Waals surface area contributed by atoms with Gasteiger partial charge < -0.3 is 5.32 Å². The van der Waals surface area contributed by atoms with E-state index in [1.807, 2.05) is 43.3 Å². The summed E-state index contributed by atoms with van der Waals surface area (Å²) in [5, 5.41) is 13.8. The molecule has 3 N–H and O–H groups in total. The molecule has 5 rings (SSSR count). The SMILES string of the molecule is Cc1cc(C(=O)Nc2ccc(-c3ccccc3S(N)(=O)=O)cc2)n(Cc2ccc3ccccc3n2)n1. The van der Waals surface area contributed by atoms with Gasteiger partial charge in [-0.25, -0.2) is 13.6 Å². The number of primary sulfonamides is 1. The summed E-state index contributed by atoms with van der Waals surface area (Å²) < 4.78 is 25.5. The average Bonchev–Trinajstić information content (AvgIpc) is 3.24. The van der Waals surface area contributed by atoms with Crippen molar-refractivity contribution >= 4 is 32.5 Å². The first kappa shape index (κ1) is 23.4. The molecule has 0 aliphatic heterocycles. The number of hydrogen-bond acceptors (Lipinski definition) is 5. The van der Waals surface area contributed by atoms with Crippen molar-refractivity contribution in [1.82, 2.24) is 14.8 Å². The molecule has 0 radical (unpaired) electrons. The predicted octanol–water partition coefficient (Wildman–Crippen LogP) is 4.35. The zero-order valence-electron chi connectivity index (χ0n) is 19.4. The highest BCUT2D eigenvalue weighted by molar-refractivity contribution is 7.89. The summed E-state index contributed by atoms with van der Waals surface area (Å²) >= 11 is 0. The lowest BCUT2D eigenvalue weighted by Gasteiger charge is -2.11. The lowest BCUT2D eigenvalue weighted by molar-refractivity contribution is 0.101. The van der Waals surface area contributed by atoms with Crippen LogP contribution in [0.2, 0.25) is 0 Å². The number of nitrogens with two attached hydrogens (primary N) is 1. The van der Waals surface area contributed by atoms with E-state index in [0.29, 0.717) is 29.1 Å². The third-order valence-corrected chi connectivity index (χ3v) is 6.72. The van der Waals surface area contributed by atoms with E-state index in [0.717, 1.165) is 22.3 Å². The Balaban J connectivity index is 1.36. The van der Waals surface area contributed by atoms with Gasteiger partial charge in [0.2, 0.25) is 10.0 Å². The molecule has 0 spiro atoms. The van der Waals surface area contributed by atoms with Crippen molar-refractivity contribution < 1.29 is 13.2 Å². The lowest BCUT2D eigenvalue weighted by atomic mass is 10.1. The molecule has 9 heteroatoms. The van der Waals surface area contributed by atoms with Gasteiger partial charge in [0.1, 0.15) is 5.69 Å². The van der Waals surface area contributed by atoms with Gasteiger partial charge >= 0.3 is 0 Å². The molecule has 5 aromatic rings. The summed E-state index contributed by atoms with van der Waals surface area (Å²) in [6.07, 6.45) is 0. The van der Waals surface area contributed by atoms with Crippen molar-refractivity contribution in [2.24, 2.45) is 5.14 Å². The standard InChI is InChI=1S/C27H23N5O3S/c1-18-16-25(32(31-18)17-22-15-12-20-6-2-4-8-24(20)29-22)27(33)30-21-13-10-19(11-14-21)23-7-3-5-9-26(23)36(28,34)35/h2-16H,17H2,1H3,(H,30,33)(H2,28,34,35). The van der Waals surface area contributed by atoms with Crippen molar-refractivity contribution in [3.05, 3.63) is 108 Å². The smallest absolute Gasteiger partial charge is 0.273 e. The van der Waals surface area contributed by atoms with Crippen LogP contribution in [0.25, 0.3) is 22.0 Å². The number of sulfonamides is 1. The van der Waals surface area contributed by atoms with Crippen molar-refractivity contribution in [1.29, 1.82) is 0 Å². The van der Waals surface area contributed by atoms with Crippen molar-refractivity contribution in [2.45, 2.75) is 18.4 Å². The Bertz CT molecular complexity index is 1690. The summed E-state index contributed by atoms with van der Waals surface area (Å²) in [4.78, 5) is 17.8. The average molecular weight is 498 g/mol. The molecule has 3 aromatic carbocycles. The van der Waals surface area contributed by atoms with Gasteiger partial charge in [-0.3, -0.25) is 14.5 Å². The Morgan fingerprint density at radius 1 is 0.944 bits per heavy atom. The first-order valence-corrected chi connectivity index (χ1v) is 12.8. The fourth-order valence-electron chi connectivity index (χ4n) is 4.08. The van der Waals surface area contributed by atoms with Crippen LogP contribution in [0.5, 0.6) is 0 Å². The molecular formula is C27H23N5O3S. The molecule has 180 valence electrons. The van der Waals surface area contributed by atoms with Gasteiger partial charge in [0.05, 0.1) is 28.3 Å². The minimum absolute atomic E-state index is 0.0449. The number of carbonyl (C=O) groups is 1. The largest absolute Gasteiger partial charge is 0.321 e. The Hall–Kier alpha value is -4.34. The number of pyridine rings is 1. The zero-order valence-corrected chi connectivity index (χ0v) is 20.2. The summed E-state index contributed by atoms with van der Waals surface area (Å²) in [5.41, 5.74) is 4.53. The second-order valence-corrected chi connectivity index (χ2v) is 9.93. The fraction of sp³-hybridized carbons (Fsp3) is 0.0741. The molecule has 8 nitrogen and oxygen atoms in total. The van der Waals surface area contributed by atoms with Crippen molar-refractivity contribution in [3.63, 3.8) is 0 Å². The number of rotatable bonds is 6. The van der Waals surface area contributed by atoms with E-state index in [1.54, 1.807) is 53.2 Å². The van der Waals surface area contributed by atoms with Gasteiger partial charge in [-0.15, -0.1) is 0 Å². The number of nitrogens with one attached hydrogen (secondary N) is 1. The van der Waals surface area contributed by atoms with Gasteiger partial charge in [-0.1, -0.05) is 54.6 Å².